The lowest BCUT2D eigenvalue weighted by atomic mass is 10.2. The summed E-state index contributed by atoms with van der Waals surface area (Å²) in [5, 5.41) is 18.9. The fourth-order valence-corrected chi connectivity index (χ4v) is 2.24. The van der Waals surface area contributed by atoms with Gasteiger partial charge in [0.15, 0.2) is 5.84 Å². The summed E-state index contributed by atoms with van der Waals surface area (Å²) in [7, 11) is 1.45. The maximum atomic E-state index is 8.63. The van der Waals surface area contributed by atoms with Gasteiger partial charge in [-0.05, 0) is 67.8 Å². The van der Waals surface area contributed by atoms with Crippen molar-refractivity contribution in [2.45, 2.75) is 19.3 Å². The van der Waals surface area contributed by atoms with Crippen LogP contribution in [0.15, 0.2) is 64.1 Å². The molecule has 0 aliphatic heterocycles. The van der Waals surface area contributed by atoms with Crippen LogP contribution in [-0.2, 0) is 4.84 Å². The van der Waals surface area contributed by atoms with Crippen molar-refractivity contribution in [3.63, 3.8) is 0 Å². The Labute approximate surface area is 158 Å². The Kier molecular flexibility index (Phi) is 8.42. The van der Waals surface area contributed by atoms with E-state index in [0.29, 0.717) is 24.5 Å². The lowest BCUT2D eigenvalue weighted by Gasteiger charge is -2.08. The van der Waals surface area contributed by atoms with E-state index in [9.17, 15) is 0 Å². The summed E-state index contributed by atoms with van der Waals surface area (Å²) in [6.45, 7) is 1.27. The van der Waals surface area contributed by atoms with Crippen LogP contribution in [0.1, 0.15) is 24.8 Å². The molecule has 0 radical (unpaired) electrons. The quantitative estimate of drug-likeness (QED) is 0.154. The average Bonchev–Trinajstić information content (AvgIpc) is 2.72. The van der Waals surface area contributed by atoms with Gasteiger partial charge in [-0.15, -0.1) is 5.11 Å². The van der Waals surface area contributed by atoms with Gasteiger partial charge in [0.05, 0.1) is 18.9 Å². The van der Waals surface area contributed by atoms with Gasteiger partial charge in [0, 0.05) is 10.8 Å². The molecule has 27 heavy (non-hydrogen) atoms. The number of rotatable bonds is 11. The van der Waals surface area contributed by atoms with Crippen LogP contribution in [0.4, 0.5) is 5.69 Å². The van der Waals surface area contributed by atoms with E-state index in [1.54, 1.807) is 24.3 Å². The molecule has 0 aromatic heterocycles. The number of oxime groups is 1. The van der Waals surface area contributed by atoms with Gasteiger partial charge in [-0.2, -0.15) is 0 Å². The Balaban J connectivity index is 1.57. The molecular weight excluding hydrogens is 348 g/mol. The molecule has 8 nitrogen and oxygen atoms in total. The molecule has 0 amide bonds. The molecule has 0 aliphatic rings. The number of amidine groups is 1. The van der Waals surface area contributed by atoms with Gasteiger partial charge < -0.3 is 25.3 Å². The van der Waals surface area contributed by atoms with E-state index in [2.05, 4.69) is 20.4 Å². The zero-order chi connectivity index (χ0) is 19.3. The first-order chi connectivity index (χ1) is 13.2. The Morgan fingerprint density at radius 1 is 0.889 bits per heavy atom. The summed E-state index contributed by atoms with van der Waals surface area (Å²) < 4.78 is 11.4. The van der Waals surface area contributed by atoms with E-state index in [1.165, 1.54) is 7.11 Å². The zero-order valence-corrected chi connectivity index (χ0v) is 15.2. The highest BCUT2D eigenvalue weighted by atomic mass is 16.6. The molecule has 0 spiro atoms. The van der Waals surface area contributed by atoms with Crippen LogP contribution in [0.25, 0.3) is 0 Å². The SMILES string of the molecule is CON=Nc1ccc(OCCCCCOc2ccc(/C(N)=N\O)cc2)cc1. The average molecular weight is 372 g/mol. The van der Waals surface area contributed by atoms with Crippen molar-refractivity contribution in [1.82, 2.24) is 0 Å². The third kappa shape index (κ3) is 7.23. The van der Waals surface area contributed by atoms with Gasteiger partial charge in [-0.1, -0.05) is 5.16 Å². The molecule has 0 aliphatic carbocycles. The smallest absolute Gasteiger partial charge is 0.170 e. The maximum Gasteiger partial charge on any atom is 0.170 e. The standard InChI is InChI=1S/C19H24N4O4/c1-25-23-21-16-7-11-18(12-8-16)27-14-4-2-3-13-26-17-9-5-15(6-10-17)19(20)22-24/h5-12,24H,2-4,13-14H2,1H3,(H2,20,22). The number of nitrogens with two attached hydrogens (primary N) is 1. The van der Waals surface area contributed by atoms with Crippen LogP contribution in [0.2, 0.25) is 0 Å². The molecule has 0 fully saturated rings. The number of nitrogens with zero attached hydrogens (tertiary/aromatic N) is 3. The zero-order valence-electron chi connectivity index (χ0n) is 15.2. The van der Waals surface area contributed by atoms with E-state index >= 15 is 0 Å². The van der Waals surface area contributed by atoms with Crippen molar-refractivity contribution in [3.05, 3.63) is 54.1 Å². The molecule has 0 saturated heterocycles. The number of unbranched alkanes of at least 4 members (excludes halogenated alkanes) is 2. The van der Waals surface area contributed by atoms with Crippen LogP contribution in [0, 0.1) is 0 Å². The lowest BCUT2D eigenvalue weighted by molar-refractivity contribution is 0.190. The molecule has 144 valence electrons. The largest absolute Gasteiger partial charge is 0.494 e. The second-order valence-corrected chi connectivity index (χ2v) is 5.63. The first-order valence-electron chi connectivity index (χ1n) is 8.61. The fourth-order valence-electron chi connectivity index (χ4n) is 2.24. The summed E-state index contributed by atoms with van der Waals surface area (Å²) >= 11 is 0. The highest BCUT2D eigenvalue weighted by molar-refractivity contribution is 5.97. The molecule has 2 aromatic rings. The summed E-state index contributed by atoms with van der Waals surface area (Å²) in [5.74, 6) is 1.63. The highest BCUT2D eigenvalue weighted by Gasteiger charge is 2.00. The van der Waals surface area contributed by atoms with E-state index in [1.807, 2.05) is 24.3 Å². The van der Waals surface area contributed by atoms with E-state index in [0.717, 1.165) is 30.8 Å². The Morgan fingerprint density at radius 2 is 1.44 bits per heavy atom. The van der Waals surface area contributed by atoms with Crippen molar-refractivity contribution in [2.24, 2.45) is 21.3 Å². The molecule has 2 aromatic carbocycles. The fraction of sp³-hybridized carbons (Fsp3) is 0.316. The van der Waals surface area contributed by atoms with Gasteiger partial charge in [-0.25, -0.2) is 0 Å². The predicted molar refractivity (Wildman–Crippen MR) is 102 cm³/mol. The van der Waals surface area contributed by atoms with Crippen molar-refractivity contribution < 1.29 is 19.5 Å². The van der Waals surface area contributed by atoms with E-state index in [-0.39, 0.29) is 5.84 Å². The maximum absolute atomic E-state index is 8.63. The number of ether oxygens (including phenoxy) is 2. The predicted octanol–water partition coefficient (Wildman–Crippen LogP) is 4.05. The first-order valence-corrected chi connectivity index (χ1v) is 8.61. The Bertz CT molecular complexity index is 730. The molecular formula is C19H24N4O4. The second kappa shape index (κ2) is 11.3. The molecule has 3 N–H and O–H groups in total. The minimum atomic E-state index is 0.0792. The summed E-state index contributed by atoms with van der Waals surface area (Å²) in [4.78, 5) is 4.53. The second-order valence-electron chi connectivity index (χ2n) is 5.63. The minimum Gasteiger partial charge on any atom is -0.494 e. The van der Waals surface area contributed by atoms with Gasteiger partial charge in [0.25, 0.3) is 0 Å². The highest BCUT2D eigenvalue weighted by Crippen LogP contribution is 2.19. The third-order valence-corrected chi connectivity index (χ3v) is 3.66. The minimum absolute atomic E-state index is 0.0792. The third-order valence-electron chi connectivity index (χ3n) is 3.66. The molecule has 0 heterocycles. The lowest BCUT2D eigenvalue weighted by Crippen LogP contribution is -2.12. The monoisotopic (exact) mass is 372 g/mol. The molecule has 0 unspecified atom stereocenters. The molecule has 2 rings (SSSR count). The van der Waals surface area contributed by atoms with Gasteiger partial charge >= 0.3 is 0 Å². The Morgan fingerprint density at radius 3 is 1.96 bits per heavy atom. The summed E-state index contributed by atoms with van der Waals surface area (Å²) in [6.07, 6.45) is 2.88. The van der Waals surface area contributed by atoms with E-state index in [4.69, 9.17) is 20.4 Å². The summed E-state index contributed by atoms with van der Waals surface area (Å²) in [6, 6.07) is 14.4. The van der Waals surface area contributed by atoms with Crippen LogP contribution in [0.5, 0.6) is 11.5 Å². The van der Waals surface area contributed by atoms with Crippen molar-refractivity contribution >= 4 is 11.5 Å². The van der Waals surface area contributed by atoms with Gasteiger partial charge in [-0.3, -0.25) is 0 Å². The van der Waals surface area contributed by atoms with Crippen LogP contribution in [0.3, 0.4) is 0 Å². The summed E-state index contributed by atoms with van der Waals surface area (Å²) in [5.41, 5.74) is 6.87. The number of hydrogen-bond acceptors (Lipinski definition) is 7. The Hall–Kier alpha value is -3.29. The number of benzene rings is 2. The van der Waals surface area contributed by atoms with Crippen LogP contribution < -0.4 is 15.2 Å². The topological polar surface area (TPSA) is 111 Å². The molecule has 0 bridgehead atoms. The van der Waals surface area contributed by atoms with Crippen molar-refractivity contribution in [3.8, 4) is 11.5 Å². The molecule has 0 saturated carbocycles. The van der Waals surface area contributed by atoms with Crippen LogP contribution in [-0.4, -0.2) is 31.4 Å². The number of hydrogen-bond donors (Lipinski definition) is 2. The molecule has 0 atom stereocenters. The van der Waals surface area contributed by atoms with Gasteiger partial charge in [0.2, 0.25) is 0 Å². The van der Waals surface area contributed by atoms with Crippen LogP contribution >= 0.6 is 0 Å². The normalized spacial score (nSPS) is 11.5. The van der Waals surface area contributed by atoms with Crippen molar-refractivity contribution in [1.29, 1.82) is 0 Å². The molecule has 8 heteroatoms. The van der Waals surface area contributed by atoms with E-state index < -0.39 is 0 Å². The van der Waals surface area contributed by atoms with Gasteiger partial charge in [0.1, 0.15) is 18.6 Å². The van der Waals surface area contributed by atoms with Crippen molar-refractivity contribution in [2.75, 3.05) is 20.3 Å². The first kappa shape index (κ1) is 20.0.